The van der Waals surface area contributed by atoms with Gasteiger partial charge in [0, 0.05) is 22.0 Å². The van der Waals surface area contributed by atoms with E-state index in [1.807, 2.05) is 12.4 Å². The topological polar surface area (TPSA) is 37.8 Å². The number of nitrogens with zero attached hydrogens (tertiary/aromatic N) is 2. The minimum atomic E-state index is 0.537. The Kier molecular flexibility index (Phi) is 5.00. The summed E-state index contributed by atoms with van der Waals surface area (Å²) < 4.78 is 1.08. The van der Waals surface area contributed by atoms with Gasteiger partial charge in [0.1, 0.15) is 0 Å². The van der Waals surface area contributed by atoms with E-state index < -0.39 is 0 Å². The molecule has 3 nitrogen and oxygen atoms in total. The number of halogens is 1. The van der Waals surface area contributed by atoms with Gasteiger partial charge >= 0.3 is 0 Å². The van der Waals surface area contributed by atoms with Crippen LogP contribution in [0.2, 0.25) is 0 Å². The Morgan fingerprint density at radius 3 is 2.53 bits per heavy atom. The zero-order valence-corrected chi connectivity index (χ0v) is 12.5. The third-order valence-electron chi connectivity index (χ3n) is 3.59. The molecule has 1 aromatic rings. The van der Waals surface area contributed by atoms with E-state index in [9.17, 15) is 0 Å². The summed E-state index contributed by atoms with van der Waals surface area (Å²) in [4.78, 5) is 8.66. The summed E-state index contributed by atoms with van der Waals surface area (Å²) in [6, 6.07) is 0.537. The van der Waals surface area contributed by atoms with Crippen LogP contribution in [0.5, 0.6) is 0 Å². The van der Waals surface area contributed by atoms with E-state index in [-0.39, 0.29) is 0 Å². The fourth-order valence-electron chi connectivity index (χ4n) is 2.64. The second-order valence-electron chi connectivity index (χ2n) is 4.78. The Bertz CT molecular complexity index is 333. The highest BCUT2D eigenvalue weighted by Crippen LogP contribution is 2.28. The van der Waals surface area contributed by atoms with Gasteiger partial charge in [-0.2, -0.15) is 0 Å². The summed E-state index contributed by atoms with van der Waals surface area (Å²) in [5.41, 5.74) is 0. The summed E-state index contributed by atoms with van der Waals surface area (Å²) in [5, 5.41) is 3.50. The Labute approximate surface area is 117 Å². The Morgan fingerprint density at radius 1 is 1.29 bits per heavy atom. The molecule has 17 heavy (non-hydrogen) atoms. The normalized spacial score (nSPS) is 18.9. The molecule has 0 spiro atoms. The molecule has 1 heterocycles. The summed E-state index contributed by atoms with van der Waals surface area (Å²) in [6.07, 6.45) is 11.8. The van der Waals surface area contributed by atoms with Crippen molar-refractivity contribution >= 4 is 28.5 Å². The minimum Gasteiger partial charge on any atom is -0.351 e. The fraction of sp³-hybridized carbons (Fsp3) is 0.692. The smallest absolute Gasteiger partial charge is 0.222 e. The average molecular weight is 345 g/mol. The number of aromatic nitrogens is 2. The van der Waals surface area contributed by atoms with Crippen molar-refractivity contribution in [1.29, 1.82) is 0 Å². The van der Waals surface area contributed by atoms with Crippen LogP contribution < -0.4 is 5.32 Å². The van der Waals surface area contributed by atoms with Crippen LogP contribution in [0.1, 0.15) is 45.4 Å². The first-order valence-electron chi connectivity index (χ1n) is 6.53. The molecule has 0 saturated heterocycles. The molecule has 1 aromatic heterocycles. The maximum Gasteiger partial charge on any atom is 0.222 e. The van der Waals surface area contributed by atoms with Crippen molar-refractivity contribution in [2.75, 3.05) is 5.32 Å². The van der Waals surface area contributed by atoms with Crippen LogP contribution >= 0.6 is 22.6 Å². The molecule has 1 N–H and O–H groups in total. The van der Waals surface area contributed by atoms with E-state index in [1.54, 1.807) is 0 Å². The molecule has 1 aliphatic rings. The summed E-state index contributed by atoms with van der Waals surface area (Å²) >= 11 is 2.23. The van der Waals surface area contributed by atoms with Gasteiger partial charge in [-0.3, -0.25) is 0 Å². The van der Waals surface area contributed by atoms with Gasteiger partial charge in [0.05, 0.1) is 0 Å². The predicted molar refractivity (Wildman–Crippen MR) is 79.0 cm³/mol. The van der Waals surface area contributed by atoms with Crippen LogP contribution in [0.3, 0.4) is 0 Å². The van der Waals surface area contributed by atoms with E-state index in [2.05, 4.69) is 44.8 Å². The maximum atomic E-state index is 4.33. The third-order valence-corrected chi connectivity index (χ3v) is 4.15. The third kappa shape index (κ3) is 3.79. The summed E-state index contributed by atoms with van der Waals surface area (Å²) in [7, 11) is 0. The van der Waals surface area contributed by atoms with Crippen molar-refractivity contribution in [1.82, 2.24) is 9.97 Å². The second kappa shape index (κ2) is 6.52. The predicted octanol–water partition coefficient (Wildman–Crippen LogP) is 3.85. The van der Waals surface area contributed by atoms with Crippen LogP contribution in [0, 0.1) is 9.49 Å². The van der Waals surface area contributed by atoms with Crippen LogP contribution in [0.4, 0.5) is 5.95 Å². The molecule has 0 bridgehead atoms. The van der Waals surface area contributed by atoms with Crippen molar-refractivity contribution in [3.8, 4) is 0 Å². The molecule has 0 aliphatic heterocycles. The van der Waals surface area contributed by atoms with Gasteiger partial charge in [-0.05, 0) is 47.8 Å². The van der Waals surface area contributed by atoms with Crippen molar-refractivity contribution < 1.29 is 0 Å². The lowest BCUT2D eigenvalue weighted by Gasteiger charge is -2.30. The monoisotopic (exact) mass is 345 g/mol. The number of nitrogens with one attached hydrogen (secondary N) is 1. The highest BCUT2D eigenvalue weighted by Gasteiger charge is 2.22. The first-order chi connectivity index (χ1) is 8.29. The molecular weight excluding hydrogens is 325 g/mol. The molecule has 1 unspecified atom stereocenters. The van der Waals surface area contributed by atoms with Gasteiger partial charge in [-0.1, -0.05) is 26.2 Å². The highest BCUT2D eigenvalue weighted by molar-refractivity contribution is 14.1. The Balaban J connectivity index is 1.96. The number of hydrogen-bond donors (Lipinski definition) is 1. The van der Waals surface area contributed by atoms with Crippen LogP contribution in [0.25, 0.3) is 0 Å². The standard InChI is InChI=1S/C13H20IN3/c1-2-12(10-6-4-3-5-7-10)17-13-15-8-11(14)9-16-13/h8-10,12H,2-7H2,1H3,(H,15,16,17). The molecular formula is C13H20IN3. The molecule has 0 aromatic carbocycles. The van der Waals surface area contributed by atoms with Crippen molar-refractivity contribution in [3.63, 3.8) is 0 Å². The van der Waals surface area contributed by atoms with Crippen molar-refractivity contribution in [2.24, 2.45) is 5.92 Å². The van der Waals surface area contributed by atoms with E-state index in [0.717, 1.165) is 21.9 Å². The fourth-order valence-corrected chi connectivity index (χ4v) is 2.92. The van der Waals surface area contributed by atoms with Crippen LogP contribution in [-0.4, -0.2) is 16.0 Å². The van der Waals surface area contributed by atoms with Crippen molar-refractivity contribution in [3.05, 3.63) is 16.0 Å². The molecule has 0 amide bonds. The molecule has 2 rings (SSSR count). The molecule has 94 valence electrons. The Hall–Kier alpha value is -0.390. The van der Waals surface area contributed by atoms with Gasteiger partial charge < -0.3 is 5.32 Å². The van der Waals surface area contributed by atoms with Gasteiger partial charge in [-0.15, -0.1) is 0 Å². The van der Waals surface area contributed by atoms with E-state index in [1.165, 1.54) is 32.1 Å². The maximum absolute atomic E-state index is 4.33. The highest BCUT2D eigenvalue weighted by atomic mass is 127. The number of rotatable bonds is 4. The largest absolute Gasteiger partial charge is 0.351 e. The van der Waals surface area contributed by atoms with Gasteiger partial charge in [-0.25, -0.2) is 9.97 Å². The molecule has 0 radical (unpaired) electrons. The minimum absolute atomic E-state index is 0.537. The molecule has 1 fully saturated rings. The molecule has 1 saturated carbocycles. The lowest BCUT2D eigenvalue weighted by atomic mass is 9.83. The zero-order chi connectivity index (χ0) is 12.1. The lowest BCUT2D eigenvalue weighted by molar-refractivity contribution is 0.312. The first-order valence-corrected chi connectivity index (χ1v) is 7.61. The van der Waals surface area contributed by atoms with E-state index in [0.29, 0.717) is 6.04 Å². The number of anilines is 1. The average Bonchev–Trinajstić information content (AvgIpc) is 2.39. The Morgan fingerprint density at radius 2 is 1.94 bits per heavy atom. The SMILES string of the molecule is CCC(Nc1ncc(I)cn1)C1CCCCC1. The van der Waals surface area contributed by atoms with Gasteiger partial charge in [0.15, 0.2) is 0 Å². The quantitative estimate of drug-likeness (QED) is 0.843. The summed E-state index contributed by atoms with van der Waals surface area (Å²) in [6.45, 7) is 2.25. The molecule has 1 atom stereocenters. The van der Waals surface area contributed by atoms with Crippen LogP contribution in [-0.2, 0) is 0 Å². The summed E-state index contributed by atoms with van der Waals surface area (Å²) in [5.74, 6) is 1.58. The lowest BCUT2D eigenvalue weighted by Crippen LogP contribution is -2.30. The van der Waals surface area contributed by atoms with Crippen LogP contribution in [0.15, 0.2) is 12.4 Å². The van der Waals surface area contributed by atoms with E-state index >= 15 is 0 Å². The zero-order valence-electron chi connectivity index (χ0n) is 10.3. The van der Waals surface area contributed by atoms with Gasteiger partial charge in [0.2, 0.25) is 5.95 Å². The van der Waals surface area contributed by atoms with Gasteiger partial charge in [0.25, 0.3) is 0 Å². The van der Waals surface area contributed by atoms with E-state index in [4.69, 9.17) is 0 Å². The first kappa shape index (κ1) is 13.1. The van der Waals surface area contributed by atoms with Crippen molar-refractivity contribution in [2.45, 2.75) is 51.5 Å². The molecule has 1 aliphatic carbocycles. The second-order valence-corrected chi connectivity index (χ2v) is 6.03. The number of hydrogen-bond acceptors (Lipinski definition) is 3. The molecule has 4 heteroatoms.